The van der Waals surface area contributed by atoms with Crippen molar-refractivity contribution >= 4 is 33.8 Å². The lowest BCUT2D eigenvalue weighted by molar-refractivity contribution is -0.00774. The Bertz CT molecular complexity index is 717. The molecule has 2 heterocycles. The molecule has 0 aromatic heterocycles. The third kappa shape index (κ3) is 4.37. The Balaban J connectivity index is 1.88. The van der Waals surface area contributed by atoms with Gasteiger partial charge in [0.05, 0.1) is 23.5 Å². The van der Waals surface area contributed by atoms with Gasteiger partial charge in [-0.25, -0.2) is 0 Å². The van der Waals surface area contributed by atoms with Crippen molar-refractivity contribution in [3.8, 4) is 0 Å². The van der Waals surface area contributed by atoms with Crippen LogP contribution in [-0.2, 0) is 4.74 Å². The van der Waals surface area contributed by atoms with E-state index >= 15 is 0 Å². The maximum Gasteiger partial charge on any atom is 0.310 e. The predicted octanol–water partition coefficient (Wildman–Crippen LogP) is 5.47. The zero-order chi connectivity index (χ0) is 19.2. The quantitative estimate of drug-likeness (QED) is 0.492. The van der Waals surface area contributed by atoms with Gasteiger partial charge >= 0.3 is 10.2 Å². The summed E-state index contributed by atoms with van der Waals surface area (Å²) >= 11 is 1.05. The highest BCUT2D eigenvalue weighted by molar-refractivity contribution is 8.45. The van der Waals surface area contributed by atoms with Crippen molar-refractivity contribution in [2.45, 2.75) is 48.8 Å². The van der Waals surface area contributed by atoms with E-state index in [0.717, 1.165) is 30.9 Å². The third-order valence-corrected chi connectivity index (χ3v) is 6.09. The highest BCUT2D eigenvalue weighted by Crippen LogP contribution is 3.02. The number of carbonyl (C=O) groups excluding carboxylic acids is 1. The molecule has 4 nitrogen and oxygen atoms in total. The van der Waals surface area contributed by atoms with E-state index in [1.165, 1.54) is 0 Å². The number of nitrogens with one attached hydrogen (secondary N) is 2. The van der Waals surface area contributed by atoms with E-state index in [0.29, 0.717) is 18.9 Å². The molecule has 2 atom stereocenters. The van der Waals surface area contributed by atoms with Gasteiger partial charge in [-0.15, -0.1) is 0 Å². The molecular formula is C15H19F5N2O2S2. The van der Waals surface area contributed by atoms with Crippen LogP contribution in [-0.4, -0.2) is 30.4 Å². The van der Waals surface area contributed by atoms with Crippen molar-refractivity contribution in [3.05, 3.63) is 23.8 Å². The van der Waals surface area contributed by atoms with Crippen LogP contribution in [0.25, 0.3) is 0 Å². The molecule has 0 spiro atoms. The number of fused-ring (bicyclic) bond motifs is 2. The first-order valence-corrected chi connectivity index (χ1v) is 11.2. The molecule has 3 rings (SSSR count). The summed E-state index contributed by atoms with van der Waals surface area (Å²) in [6, 6.07) is 1.13. The number of amides is 1. The highest BCUT2D eigenvalue weighted by Gasteiger charge is 2.65. The first-order valence-electron chi connectivity index (χ1n) is 7.99. The Morgan fingerprint density at radius 2 is 1.77 bits per heavy atom. The number of hydrogen-bond acceptors (Lipinski definition) is 4. The standard InChI is InChI=1S/C15H19F5N2O2S2/c1-25-22-14-5-4-12(26(16,17,18,19)20)8-13(14)15(23)21-9-6-10-2-3-11(7-9)24-10/h4-5,8-11,22H,2-3,6-7H2,1H3,(H,21,23). The Morgan fingerprint density at radius 3 is 2.31 bits per heavy atom. The van der Waals surface area contributed by atoms with Gasteiger partial charge in [0.25, 0.3) is 5.91 Å². The molecule has 2 fully saturated rings. The van der Waals surface area contributed by atoms with Crippen LogP contribution in [0.2, 0.25) is 0 Å². The Labute approximate surface area is 152 Å². The number of rotatable bonds is 5. The van der Waals surface area contributed by atoms with E-state index < -0.39 is 26.6 Å². The number of hydrogen-bond donors (Lipinski definition) is 2. The lowest BCUT2D eigenvalue weighted by Crippen LogP contribution is -2.42. The van der Waals surface area contributed by atoms with Crippen molar-refractivity contribution in [3.63, 3.8) is 0 Å². The van der Waals surface area contributed by atoms with E-state index in [9.17, 15) is 24.2 Å². The second-order valence-electron chi connectivity index (χ2n) is 6.58. The molecule has 0 aliphatic carbocycles. The fourth-order valence-corrected chi connectivity index (χ4v) is 4.45. The van der Waals surface area contributed by atoms with Crippen LogP contribution in [0.1, 0.15) is 36.0 Å². The van der Waals surface area contributed by atoms with E-state index in [4.69, 9.17) is 4.74 Å². The van der Waals surface area contributed by atoms with Gasteiger partial charge in [0.2, 0.25) is 0 Å². The molecule has 1 amide bonds. The summed E-state index contributed by atoms with van der Waals surface area (Å²) in [4.78, 5) is 10.5. The molecular weight excluding hydrogens is 399 g/mol. The zero-order valence-electron chi connectivity index (χ0n) is 13.8. The number of ether oxygens (including phenoxy) is 1. The smallest absolute Gasteiger partial charge is 0.310 e. The second-order valence-corrected chi connectivity index (χ2v) is 9.60. The van der Waals surface area contributed by atoms with Crippen LogP contribution >= 0.6 is 22.2 Å². The first-order chi connectivity index (χ1) is 11.9. The monoisotopic (exact) mass is 418 g/mol. The Kier molecular flexibility index (Phi) is 4.44. The van der Waals surface area contributed by atoms with Crippen LogP contribution < -0.4 is 10.0 Å². The summed E-state index contributed by atoms with van der Waals surface area (Å²) in [5.41, 5.74) is -0.403. The molecule has 0 saturated carbocycles. The largest absolute Gasteiger partial charge is 0.375 e. The van der Waals surface area contributed by atoms with E-state index in [2.05, 4.69) is 10.0 Å². The molecule has 1 aromatic rings. The van der Waals surface area contributed by atoms with Gasteiger partial charge in [0, 0.05) is 12.3 Å². The predicted molar refractivity (Wildman–Crippen MR) is 93.4 cm³/mol. The molecule has 2 aliphatic rings. The average Bonchev–Trinajstić information content (AvgIpc) is 2.84. The van der Waals surface area contributed by atoms with Gasteiger partial charge in [0.1, 0.15) is 4.90 Å². The van der Waals surface area contributed by atoms with Crippen LogP contribution in [0.3, 0.4) is 0 Å². The minimum atomic E-state index is -9.87. The van der Waals surface area contributed by atoms with Crippen molar-refractivity contribution < 1.29 is 29.0 Å². The molecule has 2 bridgehead atoms. The van der Waals surface area contributed by atoms with Crippen molar-refractivity contribution in [1.29, 1.82) is 0 Å². The molecule has 2 aliphatic heterocycles. The van der Waals surface area contributed by atoms with Gasteiger partial charge in [-0.05, 0) is 43.9 Å². The molecule has 148 valence electrons. The fourth-order valence-electron chi connectivity index (χ4n) is 3.39. The maximum atomic E-state index is 13.1. The van der Waals surface area contributed by atoms with Crippen molar-refractivity contribution in [2.24, 2.45) is 0 Å². The number of anilines is 1. The molecule has 2 N–H and O–H groups in total. The Hall–Kier alpha value is -1.20. The molecule has 26 heavy (non-hydrogen) atoms. The summed E-state index contributed by atoms with van der Waals surface area (Å²) in [6.45, 7) is 0. The van der Waals surface area contributed by atoms with E-state index in [-0.39, 0.29) is 30.0 Å². The summed E-state index contributed by atoms with van der Waals surface area (Å²) in [6.07, 6.45) is 4.56. The van der Waals surface area contributed by atoms with Crippen LogP contribution in [0, 0.1) is 0 Å². The van der Waals surface area contributed by atoms with Gasteiger partial charge < -0.3 is 14.8 Å². The number of halogens is 5. The highest BCUT2D eigenvalue weighted by atomic mass is 32.5. The average molecular weight is 418 g/mol. The lowest BCUT2D eigenvalue weighted by atomic mass is 10.0. The van der Waals surface area contributed by atoms with Gasteiger partial charge in [-0.3, -0.25) is 4.79 Å². The van der Waals surface area contributed by atoms with Gasteiger partial charge in [-0.2, -0.15) is 0 Å². The third-order valence-electron chi connectivity index (χ3n) is 4.52. The first kappa shape index (κ1) is 19.6. The molecule has 11 heteroatoms. The minimum absolute atomic E-state index is 0.0267. The number of benzene rings is 1. The fraction of sp³-hybridized carbons (Fsp3) is 0.533. The normalized spacial score (nSPS) is 28.2. The summed E-state index contributed by atoms with van der Waals surface area (Å²) < 4.78 is 73.8. The number of carbonyl (C=O) groups is 1. The lowest BCUT2D eigenvalue weighted by Gasteiger charge is -2.40. The SMILES string of the molecule is CSNc1ccc(S(F)(F)(F)(F)F)cc1C(=O)NC1CC2CCC(C1)O2. The maximum absolute atomic E-state index is 13.1. The minimum Gasteiger partial charge on any atom is -0.375 e. The summed E-state index contributed by atoms with van der Waals surface area (Å²) in [5, 5.41) is 2.67. The van der Waals surface area contributed by atoms with Crippen LogP contribution in [0.15, 0.2) is 23.1 Å². The molecule has 1 aromatic carbocycles. The summed E-state index contributed by atoms with van der Waals surface area (Å²) in [7, 11) is -9.87. The van der Waals surface area contributed by atoms with Crippen molar-refractivity contribution in [1.82, 2.24) is 5.32 Å². The van der Waals surface area contributed by atoms with E-state index in [1.807, 2.05) is 0 Å². The Morgan fingerprint density at radius 1 is 1.15 bits per heavy atom. The van der Waals surface area contributed by atoms with Gasteiger partial charge in [-0.1, -0.05) is 31.4 Å². The van der Waals surface area contributed by atoms with Crippen LogP contribution in [0.5, 0.6) is 0 Å². The molecule has 2 saturated heterocycles. The van der Waals surface area contributed by atoms with Crippen LogP contribution in [0.4, 0.5) is 25.1 Å². The second kappa shape index (κ2) is 5.90. The van der Waals surface area contributed by atoms with Gasteiger partial charge in [0.15, 0.2) is 0 Å². The summed E-state index contributed by atoms with van der Waals surface area (Å²) in [5.74, 6) is -0.809. The topological polar surface area (TPSA) is 50.4 Å². The van der Waals surface area contributed by atoms with Crippen molar-refractivity contribution in [2.75, 3.05) is 11.0 Å². The molecule has 2 unspecified atom stereocenters. The molecule has 0 radical (unpaired) electrons. The van der Waals surface area contributed by atoms with E-state index in [1.54, 1.807) is 6.26 Å². The zero-order valence-corrected chi connectivity index (χ0v) is 15.4.